The quantitative estimate of drug-likeness (QED) is 0.607. The molecule has 0 bridgehead atoms. The van der Waals surface area contributed by atoms with E-state index in [1.807, 2.05) is 42.8 Å². The number of methoxy groups -OCH3 is 3. The molecule has 1 aliphatic carbocycles. The van der Waals surface area contributed by atoms with Crippen LogP contribution in [0, 0.1) is 0 Å². The van der Waals surface area contributed by atoms with Crippen LogP contribution >= 0.6 is 0 Å². The van der Waals surface area contributed by atoms with E-state index < -0.39 is 0 Å². The Balaban J connectivity index is 1.67. The zero-order valence-corrected chi connectivity index (χ0v) is 18.5. The fourth-order valence-corrected chi connectivity index (χ4v) is 3.74. The van der Waals surface area contributed by atoms with Gasteiger partial charge in [-0.25, -0.2) is 15.0 Å². The molecule has 0 atom stereocenters. The van der Waals surface area contributed by atoms with E-state index in [2.05, 4.69) is 10.3 Å². The number of aryl methyl sites for hydroxylation is 1. The number of rotatable bonds is 7. The molecule has 31 heavy (non-hydrogen) atoms. The van der Waals surface area contributed by atoms with Crippen molar-refractivity contribution in [2.24, 2.45) is 0 Å². The van der Waals surface area contributed by atoms with Crippen LogP contribution in [0.5, 0.6) is 17.2 Å². The largest absolute Gasteiger partial charge is 0.493 e. The van der Waals surface area contributed by atoms with E-state index in [0.29, 0.717) is 23.1 Å². The molecule has 0 radical (unpaired) electrons. The summed E-state index contributed by atoms with van der Waals surface area (Å²) >= 11 is 0. The van der Waals surface area contributed by atoms with Crippen LogP contribution in [0.15, 0.2) is 30.2 Å². The van der Waals surface area contributed by atoms with Crippen LogP contribution in [0.1, 0.15) is 37.4 Å². The van der Waals surface area contributed by atoms with Crippen LogP contribution < -0.4 is 19.5 Å². The monoisotopic (exact) mass is 421 g/mol. The Morgan fingerprint density at radius 1 is 1.03 bits per heavy atom. The van der Waals surface area contributed by atoms with Crippen LogP contribution in [0.3, 0.4) is 0 Å². The van der Waals surface area contributed by atoms with Gasteiger partial charge in [-0.15, -0.1) is 0 Å². The lowest BCUT2D eigenvalue weighted by Crippen LogP contribution is -2.04. The Morgan fingerprint density at radius 3 is 2.42 bits per heavy atom. The first kappa shape index (κ1) is 20.7. The standard InChI is InChI=1S/C23H27N5O3/c1-14(2)9-20-25-17-8-6-7-16(17)23(26-20)27-21-12-28(13-24-21)15-10-18(29-3)22(31-5)19(11-15)30-4/h9-13H,6-8H2,1-5H3,(H,25,26,27). The van der Waals surface area contributed by atoms with Crippen molar-refractivity contribution in [1.82, 2.24) is 19.5 Å². The highest BCUT2D eigenvalue weighted by molar-refractivity contribution is 5.62. The van der Waals surface area contributed by atoms with Gasteiger partial charge in [-0.3, -0.25) is 0 Å². The van der Waals surface area contributed by atoms with E-state index in [1.54, 1.807) is 27.7 Å². The average Bonchev–Trinajstić information content (AvgIpc) is 3.41. The number of hydrogen-bond donors (Lipinski definition) is 1. The molecule has 8 nitrogen and oxygen atoms in total. The summed E-state index contributed by atoms with van der Waals surface area (Å²) in [6, 6.07) is 3.75. The molecule has 0 spiro atoms. The number of allylic oxidation sites excluding steroid dienone is 1. The highest BCUT2D eigenvalue weighted by Crippen LogP contribution is 2.39. The second-order valence-electron chi connectivity index (χ2n) is 7.61. The van der Waals surface area contributed by atoms with E-state index in [1.165, 1.54) is 5.56 Å². The Kier molecular flexibility index (Phi) is 5.79. The predicted molar refractivity (Wildman–Crippen MR) is 120 cm³/mol. The fourth-order valence-electron chi connectivity index (χ4n) is 3.74. The molecule has 4 rings (SSSR count). The van der Waals surface area contributed by atoms with Crippen LogP contribution in [0.4, 0.5) is 11.6 Å². The van der Waals surface area contributed by atoms with Crippen LogP contribution in [-0.4, -0.2) is 40.8 Å². The predicted octanol–water partition coefficient (Wildman–Crippen LogP) is 4.34. The highest BCUT2D eigenvalue weighted by atomic mass is 16.5. The normalized spacial score (nSPS) is 12.3. The molecular formula is C23H27N5O3. The van der Waals surface area contributed by atoms with Gasteiger partial charge in [0, 0.05) is 23.4 Å². The molecule has 162 valence electrons. The molecule has 2 aromatic heterocycles. The third-order valence-electron chi connectivity index (χ3n) is 5.14. The van der Waals surface area contributed by atoms with Crippen molar-refractivity contribution >= 4 is 17.7 Å². The lowest BCUT2D eigenvalue weighted by molar-refractivity contribution is 0.324. The number of fused-ring (bicyclic) bond motifs is 1. The average molecular weight is 422 g/mol. The van der Waals surface area contributed by atoms with Crippen molar-refractivity contribution in [2.75, 3.05) is 26.6 Å². The smallest absolute Gasteiger partial charge is 0.203 e. The van der Waals surface area contributed by atoms with Crippen molar-refractivity contribution in [1.29, 1.82) is 0 Å². The summed E-state index contributed by atoms with van der Waals surface area (Å²) in [5.74, 6) is 3.97. The lowest BCUT2D eigenvalue weighted by atomic mass is 10.2. The summed E-state index contributed by atoms with van der Waals surface area (Å²) in [6.07, 6.45) is 8.69. The summed E-state index contributed by atoms with van der Waals surface area (Å²) in [7, 11) is 4.78. The summed E-state index contributed by atoms with van der Waals surface area (Å²) in [6.45, 7) is 4.09. The first-order valence-corrected chi connectivity index (χ1v) is 10.2. The third kappa shape index (κ3) is 4.19. The second kappa shape index (κ2) is 8.67. The zero-order valence-electron chi connectivity index (χ0n) is 18.5. The third-order valence-corrected chi connectivity index (χ3v) is 5.14. The van der Waals surface area contributed by atoms with Gasteiger partial charge < -0.3 is 24.1 Å². The van der Waals surface area contributed by atoms with E-state index in [0.717, 1.165) is 47.9 Å². The van der Waals surface area contributed by atoms with E-state index in [-0.39, 0.29) is 0 Å². The molecule has 1 N–H and O–H groups in total. The maximum absolute atomic E-state index is 5.46. The van der Waals surface area contributed by atoms with Gasteiger partial charge in [0.2, 0.25) is 5.75 Å². The van der Waals surface area contributed by atoms with E-state index in [9.17, 15) is 0 Å². The second-order valence-corrected chi connectivity index (χ2v) is 7.61. The molecule has 2 heterocycles. The summed E-state index contributed by atoms with van der Waals surface area (Å²) in [5.41, 5.74) is 4.30. The number of nitrogens with zero attached hydrogens (tertiary/aromatic N) is 4. The molecule has 8 heteroatoms. The molecule has 1 aliphatic rings. The molecule has 3 aromatic rings. The molecule has 0 saturated heterocycles. The van der Waals surface area contributed by atoms with Crippen molar-refractivity contribution in [3.05, 3.63) is 47.3 Å². The van der Waals surface area contributed by atoms with Gasteiger partial charge in [-0.2, -0.15) is 0 Å². The number of benzene rings is 1. The zero-order chi connectivity index (χ0) is 22.0. The number of ether oxygens (including phenoxy) is 3. The van der Waals surface area contributed by atoms with Crippen molar-refractivity contribution in [2.45, 2.75) is 33.1 Å². The van der Waals surface area contributed by atoms with Gasteiger partial charge in [0.15, 0.2) is 17.3 Å². The molecule has 1 aromatic carbocycles. The minimum atomic E-state index is 0.551. The van der Waals surface area contributed by atoms with Crippen LogP contribution in [0.25, 0.3) is 11.8 Å². The number of anilines is 2. The molecule has 0 fully saturated rings. The Hall–Kier alpha value is -3.55. The number of aromatic nitrogens is 4. The molecule has 0 aliphatic heterocycles. The lowest BCUT2D eigenvalue weighted by Gasteiger charge is -2.14. The van der Waals surface area contributed by atoms with E-state index >= 15 is 0 Å². The Bertz CT molecular complexity index is 1110. The van der Waals surface area contributed by atoms with Crippen molar-refractivity contribution < 1.29 is 14.2 Å². The van der Waals surface area contributed by atoms with Crippen molar-refractivity contribution in [3.63, 3.8) is 0 Å². The van der Waals surface area contributed by atoms with Gasteiger partial charge in [-0.05, 0) is 39.2 Å². The van der Waals surface area contributed by atoms with E-state index in [4.69, 9.17) is 24.2 Å². The summed E-state index contributed by atoms with van der Waals surface area (Å²) in [5, 5.41) is 3.39. The number of hydrogen-bond acceptors (Lipinski definition) is 7. The minimum Gasteiger partial charge on any atom is -0.493 e. The van der Waals surface area contributed by atoms with Gasteiger partial charge in [0.25, 0.3) is 0 Å². The minimum absolute atomic E-state index is 0.551. The summed E-state index contributed by atoms with van der Waals surface area (Å²) < 4.78 is 18.2. The summed E-state index contributed by atoms with van der Waals surface area (Å²) in [4.78, 5) is 14.0. The Labute approximate surface area is 181 Å². The molecule has 0 amide bonds. The SMILES string of the molecule is COc1cc(-n2cnc(Nc3nc(C=C(C)C)nc4c3CCC4)c2)cc(OC)c1OC. The van der Waals surface area contributed by atoms with Crippen LogP contribution in [-0.2, 0) is 12.8 Å². The highest BCUT2D eigenvalue weighted by Gasteiger charge is 2.20. The maximum atomic E-state index is 5.46. The van der Waals surface area contributed by atoms with Gasteiger partial charge in [-0.1, -0.05) is 5.57 Å². The Morgan fingerprint density at radius 2 is 1.77 bits per heavy atom. The number of nitrogens with one attached hydrogen (secondary N) is 1. The maximum Gasteiger partial charge on any atom is 0.203 e. The number of imidazole rings is 1. The van der Waals surface area contributed by atoms with Gasteiger partial charge >= 0.3 is 0 Å². The van der Waals surface area contributed by atoms with Gasteiger partial charge in [0.05, 0.1) is 33.2 Å². The molecule has 0 saturated carbocycles. The van der Waals surface area contributed by atoms with Gasteiger partial charge in [0.1, 0.15) is 18.0 Å². The molecule has 0 unspecified atom stereocenters. The molecular weight excluding hydrogens is 394 g/mol. The topological polar surface area (TPSA) is 83.3 Å². The fraction of sp³-hybridized carbons (Fsp3) is 0.348. The first-order chi connectivity index (χ1) is 15.0. The van der Waals surface area contributed by atoms with Crippen LogP contribution in [0.2, 0.25) is 0 Å². The van der Waals surface area contributed by atoms with Crippen molar-refractivity contribution in [3.8, 4) is 22.9 Å². The first-order valence-electron chi connectivity index (χ1n) is 10.2.